The lowest BCUT2D eigenvalue weighted by atomic mass is 10.0. The quantitative estimate of drug-likeness (QED) is 0.158. The van der Waals surface area contributed by atoms with Crippen LogP contribution in [0.25, 0.3) is 23.1 Å². The van der Waals surface area contributed by atoms with E-state index in [1.54, 1.807) is 43.3 Å². The number of nitrogens with zero attached hydrogens (tertiary/aromatic N) is 1. The number of rotatable bonds is 9. The van der Waals surface area contributed by atoms with E-state index in [2.05, 4.69) is 4.98 Å². The van der Waals surface area contributed by atoms with Gasteiger partial charge in [-0.15, -0.1) is 0 Å². The fraction of sp³-hybridized carbons (Fsp3) is 0.172. The molecule has 4 aromatic rings. The molecular formula is C29H26FNO4. The molecule has 178 valence electrons. The number of carbonyl (C=O) groups excluding carboxylic acids is 1. The van der Waals surface area contributed by atoms with Crippen LogP contribution in [-0.2, 0) is 16.0 Å². The highest BCUT2D eigenvalue weighted by atomic mass is 19.1. The Bertz CT molecular complexity index is 1310. The van der Waals surface area contributed by atoms with Crippen LogP contribution < -0.4 is 4.74 Å². The molecular weight excluding hydrogens is 445 g/mol. The molecule has 0 radical (unpaired) electrons. The van der Waals surface area contributed by atoms with Gasteiger partial charge in [0.25, 0.3) is 0 Å². The van der Waals surface area contributed by atoms with Gasteiger partial charge in [0.05, 0.1) is 24.5 Å². The van der Waals surface area contributed by atoms with Gasteiger partial charge in [0.1, 0.15) is 17.3 Å². The number of aryl methyl sites for hydroxylation is 1. The Morgan fingerprint density at radius 2 is 1.71 bits per heavy atom. The number of halogens is 1. The Hall–Kier alpha value is -4.19. The molecule has 4 rings (SSSR count). The summed E-state index contributed by atoms with van der Waals surface area (Å²) in [4.78, 5) is 17.1. The summed E-state index contributed by atoms with van der Waals surface area (Å²) in [5.41, 5.74) is 2.87. The number of oxazole rings is 1. The minimum absolute atomic E-state index is 0.161. The van der Waals surface area contributed by atoms with E-state index in [-0.39, 0.29) is 17.7 Å². The third-order valence-electron chi connectivity index (χ3n) is 5.37. The number of ether oxygens (including phenoxy) is 2. The highest BCUT2D eigenvalue weighted by Gasteiger charge is 2.17. The zero-order valence-electron chi connectivity index (χ0n) is 19.7. The van der Waals surface area contributed by atoms with Crippen LogP contribution >= 0.6 is 0 Å². The first-order valence-electron chi connectivity index (χ1n) is 11.4. The zero-order valence-corrected chi connectivity index (χ0v) is 19.7. The van der Waals surface area contributed by atoms with Crippen molar-refractivity contribution in [3.63, 3.8) is 0 Å². The summed E-state index contributed by atoms with van der Waals surface area (Å²) in [6, 6.07) is 23.1. The molecule has 1 heterocycles. The molecule has 0 N–H and O–H groups in total. The monoisotopic (exact) mass is 471 g/mol. The van der Waals surface area contributed by atoms with Gasteiger partial charge in [0, 0.05) is 17.5 Å². The molecule has 0 amide bonds. The van der Waals surface area contributed by atoms with Gasteiger partial charge in [0.15, 0.2) is 0 Å². The predicted octanol–water partition coefficient (Wildman–Crippen LogP) is 6.51. The van der Waals surface area contributed by atoms with Crippen molar-refractivity contribution in [3.8, 4) is 17.2 Å². The number of carbonyl (C=O) groups is 1. The van der Waals surface area contributed by atoms with Crippen LogP contribution in [0.1, 0.15) is 29.5 Å². The Labute approximate surface area is 203 Å². The summed E-state index contributed by atoms with van der Waals surface area (Å²) in [6.45, 7) is 4.24. The second kappa shape index (κ2) is 11.3. The van der Waals surface area contributed by atoms with E-state index in [0.717, 1.165) is 22.6 Å². The van der Waals surface area contributed by atoms with E-state index in [0.29, 0.717) is 24.7 Å². The van der Waals surface area contributed by atoms with Crippen molar-refractivity contribution in [3.05, 3.63) is 107 Å². The molecule has 0 aliphatic carbocycles. The van der Waals surface area contributed by atoms with Gasteiger partial charge in [-0.25, -0.2) is 14.2 Å². The van der Waals surface area contributed by atoms with Crippen LogP contribution in [-0.4, -0.2) is 24.2 Å². The van der Waals surface area contributed by atoms with E-state index >= 15 is 0 Å². The van der Waals surface area contributed by atoms with E-state index < -0.39 is 11.8 Å². The summed E-state index contributed by atoms with van der Waals surface area (Å²) in [5.74, 6) is 0.991. The van der Waals surface area contributed by atoms with Crippen LogP contribution in [0.4, 0.5) is 4.39 Å². The first-order chi connectivity index (χ1) is 17.0. The van der Waals surface area contributed by atoms with E-state index in [4.69, 9.17) is 13.9 Å². The Morgan fingerprint density at radius 3 is 2.43 bits per heavy atom. The van der Waals surface area contributed by atoms with Crippen molar-refractivity contribution in [2.75, 3.05) is 13.2 Å². The highest BCUT2D eigenvalue weighted by Crippen LogP contribution is 2.25. The number of esters is 1. The van der Waals surface area contributed by atoms with Gasteiger partial charge in [0.2, 0.25) is 5.89 Å². The van der Waals surface area contributed by atoms with Crippen molar-refractivity contribution in [1.82, 2.24) is 4.98 Å². The maximum atomic E-state index is 14.3. The van der Waals surface area contributed by atoms with Crippen LogP contribution in [0.3, 0.4) is 0 Å². The number of hydrogen-bond donors (Lipinski definition) is 0. The zero-order chi connectivity index (χ0) is 24.6. The van der Waals surface area contributed by atoms with Crippen LogP contribution in [0.5, 0.6) is 5.75 Å². The molecule has 6 heteroatoms. The molecule has 0 fully saturated rings. The second-order valence-corrected chi connectivity index (χ2v) is 7.81. The summed E-state index contributed by atoms with van der Waals surface area (Å²) in [7, 11) is 0. The van der Waals surface area contributed by atoms with Gasteiger partial charge in [-0.1, -0.05) is 48.5 Å². The highest BCUT2D eigenvalue weighted by molar-refractivity contribution is 6.21. The normalized spacial score (nSPS) is 11.3. The molecule has 5 nitrogen and oxygen atoms in total. The molecule has 0 aliphatic heterocycles. The minimum Gasteiger partial charge on any atom is -0.493 e. The molecule has 3 aromatic carbocycles. The maximum absolute atomic E-state index is 14.3. The van der Waals surface area contributed by atoms with Crippen molar-refractivity contribution in [2.24, 2.45) is 0 Å². The van der Waals surface area contributed by atoms with Gasteiger partial charge < -0.3 is 13.9 Å². The van der Waals surface area contributed by atoms with Gasteiger partial charge in [-0.2, -0.15) is 0 Å². The van der Waals surface area contributed by atoms with Crippen molar-refractivity contribution in [2.45, 2.75) is 20.3 Å². The minimum atomic E-state index is -0.573. The molecule has 0 saturated carbocycles. The lowest BCUT2D eigenvalue weighted by Gasteiger charge is -2.09. The second-order valence-electron chi connectivity index (χ2n) is 7.81. The first-order valence-corrected chi connectivity index (χ1v) is 11.4. The van der Waals surface area contributed by atoms with Crippen LogP contribution in [0, 0.1) is 12.7 Å². The molecule has 0 spiro atoms. The smallest absolute Gasteiger partial charge is 0.338 e. The van der Waals surface area contributed by atoms with E-state index in [1.807, 2.05) is 49.4 Å². The fourth-order valence-corrected chi connectivity index (χ4v) is 3.59. The summed E-state index contributed by atoms with van der Waals surface area (Å²) >= 11 is 0. The predicted molar refractivity (Wildman–Crippen MR) is 133 cm³/mol. The fourth-order valence-electron chi connectivity index (χ4n) is 3.59. The largest absolute Gasteiger partial charge is 0.493 e. The van der Waals surface area contributed by atoms with Gasteiger partial charge >= 0.3 is 5.97 Å². The Balaban J connectivity index is 1.42. The molecule has 35 heavy (non-hydrogen) atoms. The van der Waals surface area contributed by atoms with Crippen LogP contribution in [0.15, 0.2) is 83.3 Å². The van der Waals surface area contributed by atoms with Gasteiger partial charge in [-0.05, 0) is 55.8 Å². The number of hydrogen-bond acceptors (Lipinski definition) is 5. The maximum Gasteiger partial charge on any atom is 0.338 e. The van der Waals surface area contributed by atoms with Crippen LogP contribution in [0.2, 0.25) is 0 Å². The molecule has 0 aliphatic rings. The SMILES string of the molecule is CCOC(=O)C(=Cc1ccc(OCCc2nc(-c3ccccc3)oc2C)cc1)c1ccccc1F. The third-order valence-corrected chi connectivity index (χ3v) is 5.37. The third kappa shape index (κ3) is 6.03. The van der Waals surface area contributed by atoms with Crippen molar-refractivity contribution >= 4 is 17.6 Å². The standard InChI is InChI=1S/C29H26FNO4/c1-3-33-29(32)25(24-11-7-8-12-26(24)30)19-21-13-15-23(16-14-21)34-18-17-27-20(2)35-28(31-27)22-9-5-4-6-10-22/h4-16,19H,3,17-18H2,1-2H3. The number of benzene rings is 3. The summed E-state index contributed by atoms with van der Waals surface area (Å²) < 4.78 is 31.1. The van der Waals surface area contributed by atoms with E-state index in [9.17, 15) is 9.18 Å². The average molecular weight is 472 g/mol. The molecule has 1 aromatic heterocycles. The van der Waals surface area contributed by atoms with E-state index in [1.165, 1.54) is 6.07 Å². The summed E-state index contributed by atoms with van der Waals surface area (Å²) in [5, 5.41) is 0. The lowest BCUT2D eigenvalue weighted by molar-refractivity contribution is -0.136. The number of aromatic nitrogens is 1. The molecule has 0 unspecified atom stereocenters. The molecule has 0 bridgehead atoms. The van der Waals surface area contributed by atoms with Crippen molar-refractivity contribution in [1.29, 1.82) is 0 Å². The topological polar surface area (TPSA) is 61.6 Å². The molecule has 0 atom stereocenters. The lowest BCUT2D eigenvalue weighted by Crippen LogP contribution is -2.08. The first kappa shape index (κ1) is 24.0. The van der Waals surface area contributed by atoms with Crippen molar-refractivity contribution < 1.29 is 23.1 Å². The Morgan fingerprint density at radius 1 is 1.00 bits per heavy atom. The molecule has 0 saturated heterocycles. The average Bonchev–Trinajstić information content (AvgIpc) is 3.25. The summed E-state index contributed by atoms with van der Waals surface area (Å²) in [6.07, 6.45) is 2.22. The Kier molecular flexibility index (Phi) is 7.73. The van der Waals surface area contributed by atoms with Gasteiger partial charge in [-0.3, -0.25) is 0 Å².